The average Bonchev–Trinajstić information content (AvgIpc) is 2.48. The smallest absolute Gasteiger partial charge is 0.492 e. The quantitative estimate of drug-likeness (QED) is 0.657. The van der Waals surface area contributed by atoms with E-state index in [1.165, 1.54) is 23.1 Å². The Kier molecular flexibility index (Phi) is 5.34. The van der Waals surface area contributed by atoms with E-state index in [9.17, 15) is 10.0 Å². The molecular weight excluding hydrogens is 283 g/mol. The van der Waals surface area contributed by atoms with Gasteiger partial charge in [-0.15, -0.1) is 11.8 Å². The Bertz CT molecular complexity index is 629. The van der Waals surface area contributed by atoms with Crippen LogP contribution >= 0.6 is 11.8 Å². The van der Waals surface area contributed by atoms with Crippen molar-refractivity contribution in [1.29, 1.82) is 0 Å². The highest BCUT2D eigenvalue weighted by molar-refractivity contribution is 7.98. The highest BCUT2D eigenvalue weighted by atomic mass is 32.2. The summed E-state index contributed by atoms with van der Waals surface area (Å²) in [4.78, 5) is 1.21. The van der Waals surface area contributed by atoms with Gasteiger partial charge in [0.2, 0.25) is 0 Å². The minimum atomic E-state index is -1.52. The monoisotopic (exact) mass is 302 g/mol. The van der Waals surface area contributed by atoms with E-state index in [2.05, 4.69) is 32.0 Å². The van der Waals surface area contributed by atoms with Gasteiger partial charge in [0, 0.05) is 16.1 Å². The maximum atomic E-state index is 9.38. The van der Waals surface area contributed by atoms with E-state index in [4.69, 9.17) is 4.74 Å². The molecule has 0 unspecified atom stereocenters. The number of thioether (sulfide) groups is 1. The van der Waals surface area contributed by atoms with Crippen molar-refractivity contribution in [2.24, 2.45) is 0 Å². The van der Waals surface area contributed by atoms with Crippen molar-refractivity contribution in [1.82, 2.24) is 0 Å². The molecule has 0 aliphatic rings. The third-order valence-corrected chi connectivity index (χ3v) is 4.52. The molecule has 0 aliphatic carbocycles. The molecule has 2 N–H and O–H groups in total. The molecule has 5 heteroatoms. The minimum absolute atomic E-state index is 0.399. The Morgan fingerprint density at radius 1 is 1.05 bits per heavy atom. The Labute approximate surface area is 130 Å². The first kappa shape index (κ1) is 16.0. The number of aryl methyl sites for hydroxylation is 2. The van der Waals surface area contributed by atoms with E-state index in [1.54, 1.807) is 23.9 Å². The molecule has 0 bridgehead atoms. The van der Waals surface area contributed by atoms with Crippen LogP contribution in [0.5, 0.6) is 5.75 Å². The van der Waals surface area contributed by atoms with Gasteiger partial charge in [-0.3, -0.25) is 0 Å². The van der Waals surface area contributed by atoms with Crippen molar-refractivity contribution < 1.29 is 14.8 Å². The van der Waals surface area contributed by atoms with Gasteiger partial charge in [-0.25, -0.2) is 0 Å². The molecule has 0 atom stereocenters. The molecule has 0 spiro atoms. The van der Waals surface area contributed by atoms with Crippen LogP contribution in [0.25, 0.3) is 0 Å². The van der Waals surface area contributed by atoms with Gasteiger partial charge in [0.25, 0.3) is 0 Å². The molecule has 110 valence electrons. The topological polar surface area (TPSA) is 49.7 Å². The molecule has 2 rings (SSSR count). The summed E-state index contributed by atoms with van der Waals surface area (Å²) in [6, 6.07) is 11.9. The molecule has 2 aromatic carbocycles. The number of rotatable bonds is 5. The van der Waals surface area contributed by atoms with E-state index in [0.717, 1.165) is 11.3 Å². The number of hydrogen-bond donors (Lipinski definition) is 2. The lowest BCUT2D eigenvalue weighted by Crippen LogP contribution is -2.31. The lowest BCUT2D eigenvalue weighted by Gasteiger charge is -2.10. The van der Waals surface area contributed by atoms with Gasteiger partial charge >= 0.3 is 7.12 Å². The van der Waals surface area contributed by atoms with Crippen molar-refractivity contribution in [2.45, 2.75) is 24.5 Å². The molecule has 0 saturated heterocycles. The van der Waals surface area contributed by atoms with Gasteiger partial charge in [0.1, 0.15) is 5.75 Å². The fourth-order valence-electron chi connectivity index (χ4n) is 2.05. The second-order valence-corrected chi connectivity index (χ2v) is 6.03. The molecule has 0 aromatic heterocycles. The molecule has 0 fully saturated rings. The van der Waals surface area contributed by atoms with Crippen LogP contribution in [0.3, 0.4) is 0 Å². The highest BCUT2D eigenvalue weighted by Crippen LogP contribution is 2.25. The zero-order chi connectivity index (χ0) is 15.4. The fraction of sp³-hybridized carbons (Fsp3) is 0.250. The van der Waals surface area contributed by atoms with Crippen LogP contribution in [0, 0.1) is 13.8 Å². The van der Waals surface area contributed by atoms with Crippen LogP contribution in [-0.4, -0.2) is 24.3 Å². The number of hydrogen-bond acceptors (Lipinski definition) is 4. The Morgan fingerprint density at radius 3 is 2.43 bits per heavy atom. The van der Waals surface area contributed by atoms with Gasteiger partial charge in [0.15, 0.2) is 0 Å². The van der Waals surface area contributed by atoms with Crippen LogP contribution in [0.1, 0.15) is 16.7 Å². The second-order valence-electron chi connectivity index (χ2n) is 4.98. The van der Waals surface area contributed by atoms with Gasteiger partial charge in [-0.1, -0.05) is 18.2 Å². The van der Waals surface area contributed by atoms with Gasteiger partial charge in [-0.2, -0.15) is 0 Å². The molecule has 0 saturated carbocycles. The predicted octanol–water partition coefficient (Wildman–Crippen LogP) is 2.28. The third kappa shape index (κ3) is 4.03. The number of ether oxygens (including phenoxy) is 1. The van der Waals surface area contributed by atoms with Gasteiger partial charge < -0.3 is 14.8 Å². The Morgan fingerprint density at radius 2 is 1.81 bits per heavy atom. The van der Waals surface area contributed by atoms with Gasteiger partial charge in [-0.05, 0) is 48.7 Å². The molecule has 2 aromatic rings. The van der Waals surface area contributed by atoms with E-state index in [-0.39, 0.29) is 0 Å². The summed E-state index contributed by atoms with van der Waals surface area (Å²) in [6.07, 6.45) is 0. The first-order valence-corrected chi connectivity index (χ1v) is 7.73. The summed E-state index contributed by atoms with van der Waals surface area (Å²) >= 11 is 1.73. The van der Waals surface area contributed by atoms with Crippen molar-refractivity contribution in [2.75, 3.05) is 7.11 Å². The normalized spacial score (nSPS) is 10.5. The first-order valence-electron chi connectivity index (χ1n) is 6.74. The molecule has 0 heterocycles. The summed E-state index contributed by atoms with van der Waals surface area (Å²) in [5, 5.41) is 18.8. The van der Waals surface area contributed by atoms with E-state index >= 15 is 0 Å². The molecule has 0 aliphatic heterocycles. The number of benzene rings is 2. The molecule has 3 nitrogen and oxygen atoms in total. The van der Waals surface area contributed by atoms with E-state index in [0.29, 0.717) is 11.2 Å². The van der Waals surface area contributed by atoms with Gasteiger partial charge in [0.05, 0.1) is 7.11 Å². The summed E-state index contributed by atoms with van der Waals surface area (Å²) in [5.74, 6) is 1.26. The lowest BCUT2D eigenvalue weighted by molar-refractivity contribution is 0.403. The van der Waals surface area contributed by atoms with Crippen LogP contribution < -0.4 is 10.2 Å². The third-order valence-electron chi connectivity index (χ3n) is 3.46. The van der Waals surface area contributed by atoms with E-state index in [1.807, 2.05) is 6.07 Å². The van der Waals surface area contributed by atoms with Crippen LogP contribution in [-0.2, 0) is 5.75 Å². The summed E-state index contributed by atoms with van der Waals surface area (Å²) in [5.41, 5.74) is 3.99. The zero-order valence-electron chi connectivity index (χ0n) is 12.5. The zero-order valence-corrected chi connectivity index (χ0v) is 13.3. The summed E-state index contributed by atoms with van der Waals surface area (Å²) in [7, 11) is -0.00317. The van der Waals surface area contributed by atoms with Crippen LogP contribution in [0.4, 0.5) is 0 Å². The molecular formula is C16H19BO3S. The average molecular weight is 302 g/mol. The molecule has 21 heavy (non-hydrogen) atoms. The maximum absolute atomic E-state index is 9.38. The SMILES string of the molecule is COc1ccc(CSc2ccc(C)c(C)c2)cc1B(O)O. The molecule has 0 amide bonds. The summed E-state index contributed by atoms with van der Waals surface area (Å²) in [6.45, 7) is 4.20. The highest BCUT2D eigenvalue weighted by Gasteiger charge is 2.17. The fourth-order valence-corrected chi connectivity index (χ4v) is 2.98. The van der Waals surface area contributed by atoms with Crippen LogP contribution in [0.15, 0.2) is 41.3 Å². The number of methoxy groups -OCH3 is 1. The Hall–Kier alpha value is -1.43. The van der Waals surface area contributed by atoms with Crippen molar-refractivity contribution in [3.63, 3.8) is 0 Å². The predicted molar refractivity (Wildman–Crippen MR) is 88.3 cm³/mol. The lowest BCUT2D eigenvalue weighted by atomic mass is 9.79. The van der Waals surface area contributed by atoms with Crippen LogP contribution in [0.2, 0.25) is 0 Å². The minimum Gasteiger partial charge on any atom is -0.497 e. The molecule has 0 radical (unpaired) electrons. The largest absolute Gasteiger partial charge is 0.497 e. The summed E-state index contributed by atoms with van der Waals surface area (Å²) < 4.78 is 5.13. The van der Waals surface area contributed by atoms with Crippen molar-refractivity contribution in [3.05, 3.63) is 53.1 Å². The standard InChI is InChI=1S/C16H19BO3S/c1-11-4-6-14(8-12(11)2)21-10-13-5-7-16(20-3)15(9-13)17(18)19/h4-9,18-19H,10H2,1-3H3. The van der Waals surface area contributed by atoms with Crippen molar-refractivity contribution in [3.8, 4) is 5.75 Å². The Balaban J connectivity index is 2.12. The maximum Gasteiger partial charge on any atom is 0.492 e. The van der Waals surface area contributed by atoms with Crippen molar-refractivity contribution >= 4 is 24.3 Å². The van der Waals surface area contributed by atoms with E-state index < -0.39 is 7.12 Å². The first-order chi connectivity index (χ1) is 10.0. The second kappa shape index (κ2) is 7.03.